The Morgan fingerprint density at radius 1 is 1.12 bits per heavy atom. The summed E-state index contributed by atoms with van der Waals surface area (Å²) in [6.07, 6.45) is 0. The highest BCUT2D eigenvalue weighted by molar-refractivity contribution is 5.89. The molecule has 0 aromatic heterocycles. The summed E-state index contributed by atoms with van der Waals surface area (Å²) in [4.78, 5) is 14.1. The predicted molar refractivity (Wildman–Crippen MR) is 95.8 cm³/mol. The zero-order chi connectivity index (χ0) is 17.5. The van der Waals surface area contributed by atoms with E-state index in [1.807, 2.05) is 20.2 Å². The number of carbonyl (C=O) groups is 1. The van der Waals surface area contributed by atoms with Gasteiger partial charge in [-0.15, -0.1) is 0 Å². The van der Waals surface area contributed by atoms with E-state index in [4.69, 9.17) is 5.26 Å². The van der Waals surface area contributed by atoms with E-state index in [2.05, 4.69) is 46.7 Å². The van der Waals surface area contributed by atoms with Gasteiger partial charge in [-0.05, 0) is 50.8 Å². The van der Waals surface area contributed by atoms with Gasteiger partial charge in [0.05, 0.1) is 17.7 Å². The number of likely N-dealkylation sites (N-methyl/N-ethyl adjacent to an activating group) is 1. The minimum absolute atomic E-state index is 0.0947. The molecule has 5 nitrogen and oxygen atoms in total. The Balaban J connectivity index is 1.94. The largest absolute Gasteiger partial charge is 0.336 e. The third kappa shape index (κ3) is 4.83. The number of urea groups is 1. The van der Waals surface area contributed by atoms with Crippen LogP contribution in [0.4, 0.5) is 10.5 Å². The zero-order valence-electron chi connectivity index (χ0n) is 14.2. The summed E-state index contributed by atoms with van der Waals surface area (Å²) in [5, 5.41) is 14.4. The Morgan fingerprint density at radius 2 is 1.75 bits per heavy atom. The number of anilines is 1. The van der Waals surface area contributed by atoms with Crippen LogP contribution in [-0.2, 0) is 0 Å². The molecule has 124 valence electrons. The van der Waals surface area contributed by atoms with E-state index in [1.165, 1.54) is 5.56 Å². The number of nitrogens with one attached hydrogen (secondary N) is 2. The molecule has 0 aliphatic rings. The average molecular weight is 322 g/mol. The number of hydrogen-bond donors (Lipinski definition) is 2. The number of rotatable bonds is 5. The number of aryl methyl sites for hydroxylation is 1. The van der Waals surface area contributed by atoms with Gasteiger partial charge >= 0.3 is 6.03 Å². The molecule has 0 bridgehead atoms. The van der Waals surface area contributed by atoms with E-state index in [1.54, 1.807) is 24.3 Å². The Hall–Kier alpha value is -2.84. The number of hydrogen-bond acceptors (Lipinski definition) is 3. The molecule has 0 saturated heterocycles. The van der Waals surface area contributed by atoms with Crippen LogP contribution in [0.2, 0.25) is 0 Å². The maximum atomic E-state index is 12.1. The summed E-state index contributed by atoms with van der Waals surface area (Å²) in [5.41, 5.74) is 3.59. The van der Waals surface area contributed by atoms with Crippen LogP contribution in [0.3, 0.4) is 0 Å². The number of nitrogens with zero attached hydrogens (tertiary/aromatic N) is 2. The fraction of sp³-hybridized carbons (Fsp3) is 0.263. The van der Waals surface area contributed by atoms with Crippen molar-refractivity contribution in [1.29, 1.82) is 5.26 Å². The van der Waals surface area contributed by atoms with Gasteiger partial charge in [-0.25, -0.2) is 4.79 Å². The first kappa shape index (κ1) is 17.5. The van der Waals surface area contributed by atoms with Crippen LogP contribution in [0.25, 0.3) is 0 Å². The molecule has 1 atom stereocenters. The molecule has 2 N–H and O–H groups in total. The molecule has 0 heterocycles. The number of amides is 2. The van der Waals surface area contributed by atoms with Gasteiger partial charge in [-0.3, -0.25) is 0 Å². The van der Waals surface area contributed by atoms with Crippen molar-refractivity contribution in [1.82, 2.24) is 10.2 Å². The van der Waals surface area contributed by atoms with E-state index < -0.39 is 0 Å². The minimum Gasteiger partial charge on any atom is -0.336 e. The normalized spacial score (nSPS) is 11.6. The zero-order valence-corrected chi connectivity index (χ0v) is 14.2. The lowest BCUT2D eigenvalue weighted by atomic mass is 10.0. The molecular weight excluding hydrogens is 300 g/mol. The maximum Gasteiger partial charge on any atom is 0.319 e. The quantitative estimate of drug-likeness (QED) is 0.887. The summed E-state index contributed by atoms with van der Waals surface area (Å²) < 4.78 is 0. The van der Waals surface area contributed by atoms with E-state index in [-0.39, 0.29) is 12.1 Å². The molecule has 2 amide bonds. The van der Waals surface area contributed by atoms with E-state index in [0.717, 1.165) is 5.56 Å². The molecule has 0 aliphatic heterocycles. The molecule has 0 fully saturated rings. The van der Waals surface area contributed by atoms with Crippen molar-refractivity contribution in [3.8, 4) is 6.07 Å². The van der Waals surface area contributed by atoms with Gasteiger partial charge in [0.15, 0.2) is 0 Å². The molecule has 24 heavy (non-hydrogen) atoms. The average Bonchev–Trinajstić information content (AvgIpc) is 2.57. The van der Waals surface area contributed by atoms with Crippen LogP contribution in [0, 0.1) is 18.3 Å². The molecule has 2 aromatic rings. The highest BCUT2D eigenvalue weighted by Crippen LogP contribution is 2.18. The first-order valence-corrected chi connectivity index (χ1v) is 7.77. The van der Waals surface area contributed by atoms with E-state index in [0.29, 0.717) is 17.8 Å². The fourth-order valence-electron chi connectivity index (χ4n) is 2.38. The van der Waals surface area contributed by atoms with Gasteiger partial charge in [0.1, 0.15) is 0 Å². The molecule has 5 heteroatoms. The topological polar surface area (TPSA) is 68.2 Å². The van der Waals surface area contributed by atoms with E-state index >= 15 is 0 Å². The minimum atomic E-state index is -0.265. The molecule has 2 rings (SSSR count). The number of nitriles is 1. The lowest BCUT2D eigenvalue weighted by molar-refractivity contribution is 0.243. The van der Waals surface area contributed by atoms with Crippen molar-refractivity contribution in [2.45, 2.75) is 13.0 Å². The molecule has 0 spiro atoms. The second-order valence-electron chi connectivity index (χ2n) is 5.91. The highest BCUT2D eigenvalue weighted by atomic mass is 16.2. The summed E-state index contributed by atoms with van der Waals surface area (Å²) in [6, 6.07) is 17.0. The lowest BCUT2D eigenvalue weighted by Crippen LogP contribution is -2.36. The summed E-state index contributed by atoms with van der Waals surface area (Å²) in [5.74, 6) is 0. The van der Waals surface area contributed by atoms with Gasteiger partial charge in [0.2, 0.25) is 0 Å². The van der Waals surface area contributed by atoms with Crippen molar-refractivity contribution in [3.05, 3.63) is 65.2 Å². The smallest absolute Gasteiger partial charge is 0.319 e. The second-order valence-corrected chi connectivity index (χ2v) is 5.91. The van der Waals surface area contributed by atoms with Crippen molar-refractivity contribution < 1.29 is 4.79 Å². The first-order valence-electron chi connectivity index (χ1n) is 7.77. The Kier molecular flexibility index (Phi) is 5.94. The van der Waals surface area contributed by atoms with Crippen molar-refractivity contribution in [2.75, 3.05) is 26.0 Å². The standard InChI is InChI=1S/C19H22N4O/c1-14-4-8-16(9-5-14)18(23(2)3)13-21-19(24)22-17-10-6-15(12-20)7-11-17/h4-11,18H,13H2,1-3H3,(H2,21,22,24)/t18-/m1/s1. The van der Waals surface area contributed by atoms with Crippen molar-refractivity contribution in [2.24, 2.45) is 0 Å². The molecule has 0 aliphatic carbocycles. The monoisotopic (exact) mass is 322 g/mol. The van der Waals surface area contributed by atoms with Gasteiger partial charge in [-0.1, -0.05) is 29.8 Å². The van der Waals surface area contributed by atoms with E-state index in [9.17, 15) is 4.79 Å². The highest BCUT2D eigenvalue weighted by Gasteiger charge is 2.15. The van der Waals surface area contributed by atoms with Gasteiger partial charge in [0.25, 0.3) is 0 Å². The van der Waals surface area contributed by atoms with Crippen molar-refractivity contribution >= 4 is 11.7 Å². The number of benzene rings is 2. The fourth-order valence-corrected chi connectivity index (χ4v) is 2.38. The summed E-state index contributed by atoms with van der Waals surface area (Å²) in [6.45, 7) is 2.55. The Morgan fingerprint density at radius 3 is 2.29 bits per heavy atom. The molecule has 0 saturated carbocycles. The second kappa shape index (κ2) is 8.14. The van der Waals surface area contributed by atoms with Crippen LogP contribution in [0.5, 0.6) is 0 Å². The summed E-state index contributed by atoms with van der Waals surface area (Å²) in [7, 11) is 3.98. The van der Waals surface area contributed by atoms with Crippen LogP contribution in [-0.4, -0.2) is 31.6 Å². The third-order valence-corrected chi connectivity index (χ3v) is 3.81. The molecule has 2 aromatic carbocycles. The SMILES string of the molecule is Cc1ccc([C@@H](CNC(=O)Nc2ccc(C#N)cc2)N(C)C)cc1. The Labute approximate surface area is 142 Å². The van der Waals surface area contributed by atoms with Gasteiger partial charge in [0, 0.05) is 12.2 Å². The lowest BCUT2D eigenvalue weighted by Gasteiger charge is -2.25. The van der Waals surface area contributed by atoms with Crippen molar-refractivity contribution in [3.63, 3.8) is 0 Å². The van der Waals surface area contributed by atoms with Crippen LogP contribution in [0.15, 0.2) is 48.5 Å². The Bertz CT molecular complexity index is 715. The van der Waals surface area contributed by atoms with Crippen LogP contribution in [0.1, 0.15) is 22.7 Å². The maximum absolute atomic E-state index is 12.1. The number of carbonyl (C=O) groups excluding carboxylic acids is 1. The molecule has 0 unspecified atom stereocenters. The third-order valence-electron chi connectivity index (χ3n) is 3.81. The van der Waals surface area contributed by atoms with Crippen LogP contribution >= 0.6 is 0 Å². The molecular formula is C19H22N4O. The van der Waals surface area contributed by atoms with Gasteiger partial charge in [-0.2, -0.15) is 5.26 Å². The van der Waals surface area contributed by atoms with Crippen LogP contribution < -0.4 is 10.6 Å². The predicted octanol–water partition coefficient (Wildman–Crippen LogP) is 3.29. The summed E-state index contributed by atoms with van der Waals surface area (Å²) >= 11 is 0. The van der Waals surface area contributed by atoms with Gasteiger partial charge < -0.3 is 15.5 Å². The molecule has 0 radical (unpaired) electrons. The first-order chi connectivity index (χ1) is 11.5.